The molecule has 0 heterocycles. The van der Waals surface area contributed by atoms with Crippen LogP contribution < -0.4 is 25.0 Å². The van der Waals surface area contributed by atoms with Crippen LogP contribution in [-0.4, -0.2) is 59.3 Å². The van der Waals surface area contributed by atoms with Gasteiger partial charge in [0.1, 0.15) is 12.4 Å². The van der Waals surface area contributed by atoms with Gasteiger partial charge in [0, 0.05) is 30.4 Å². The molecule has 2 atom stereocenters. The van der Waals surface area contributed by atoms with Crippen molar-refractivity contribution in [2.75, 3.05) is 48.5 Å². The molecule has 0 aliphatic heterocycles. The molecule has 5 rings (SSSR count). The average Bonchev–Trinajstić information content (AvgIpc) is 3.18. The molecule has 12 nitrogen and oxygen atoms in total. The molecule has 0 aliphatic carbocycles. The molecule has 13 heteroatoms. The summed E-state index contributed by atoms with van der Waals surface area (Å²) in [7, 11) is -1.00. The molecule has 4 N–H and O–H groups in total. The molecule has 1 unspecified atom stereocenters. The van der Waals surface area contributed by atoms with Gasteiger partial charge in [0.2, 0.25) is 10.0 Å². The van der Waals surface area contributed by atoms with Crippen LogP contribution in [0.5, 0.6) is 5.75 Å². The molecule has 54 heavy (non-hydrogen) atoms. The van der Waals surface area contributed by atoms with Gasteiger partial charge in [-0.2, -0.15) is 0 Å². The highest BCUT2D eigenvalue weighted by Gasteiger charge is 2.21. The summed E-state index contributed by atoms with van der Waals surface area (Å²) in [5.41, 5.74) is 5.64. The van der Waals surface area contributed by atoms with Gasteiger partial charge in [-0.25, -0.2) is 18.0 Å². The zero-order valence-electron chi connectivity index (χ0n) is 30.3. The summed E-state index contributed by atoms with van der Waals surface area (Å²) in [5, 5.41) is 17.3. The number of nitrogens with zero attached hydrogens (tertiary/aromatic N) is 1. The second-order valence-electron chi connectivity index (χ2n) is 12.5. The van der Waals surface area contributed by atoms with Crippen LogP contribution in [0.3, 0.4) is 0 Å². The Morgan fingerprint density at radius 3 is 1.93 bits per heavy atom. The Kier molecular flexibility index (Phi) is 13.6. The van der Waals surface area contributed by atoms with Crippen molar-refractivity contribution in [3.05, 3.63) is 155 Å². The van der Waals surface area contributed by atoms with E-state index in [1.807, 2.05) is 97.1 Å². The number of benzene rings is 5. The minimum absolute atomic E-state index is 0.145. The number of ether oxygens (including phenoxy) is 3. The second-order valence-corrected chi connectivity index (χ2v) is 14.3. The van der Waals surface area contributed by atoms with Gasteiger partial charge in [-0.3, -0.25) is 14.9 Å². The highest BCUT2D eigenvalue weighted by atomic mass is 32.2. The number of aliphatic hydroxyl groups excluding tert-OH is 1. The van der Waals surface area contributed by atoms with Crippen molar-refractivity contribution >= 4 is 39.3 Å². The zero-order chi connectivity index (χ0) is 38.5. The molecule has 0 saturated carbocycles. The van der Waals surface area contributed by atoms with Crippen molar-refractivity contribution < 1.29 is 37.3 Å². The van der Waals surface area contributed by atoms with E-state index in [9.17, 15) is 23.1 Å². The number of nitrogens with one attached hydrogen (secondary N) is 3. The van der Waals surface area contributed by atoms with E-state index in [4.69, 9.17) is 14.2 Å². The van der Waals surface area contributed by atoms with E-state index in [0.29, 0.717) is 35.8 Å². The van der Waals surface area contributed by atoms with E-state index in [1.165, 1.54) is 14.2 Å². The van der Waals surface area contributed by atoms with E-state index in [2.05, 4.69) is 15.4 Å². The quantitative estimate of drug-likeness (QED) is 0.0831. The number of hydrogen-bond acceptors (Lipinski definition) is 9. The third-order valence-electron chi connectivity index (χ3n) is 8.54. The molecule has 5 aromatic carbocycles. The van der Waals surface area contributed by atoms with E-state index in [1.54, 1.807) is 35.2 Å². The van der Waals surface area contributed by atoms with Crippen LogP contribution in [0.2, 0.25) is 0 Å². The number of sulfonamides is 1. The first kappa shape index (κ1) is 39.3. The fraction of sp³-hybridized carbons (Fsp3) is 0.220. The van der Waals surface area contributed by atoms with Gasteiger partial charge in [0.05, 0.1) is 38.8 Å². The van der Waals surface area contributed by atoms with E-state index < -0.39 is 28.3 Å². The van der Waals surface area contributed by atoms with Crippen LogP contribution in [-0.2, 0) is 32.6 Å². The summed E-state index contributed by atoms with van der Waals surface area (Å²) >= 11 is 0. The summed E-state index contributed by atoms with van der Waals surface area (Å²) in [6.07, 6.45) is -1.01. The fourth-order valence-corrected chi connectivity index (χ4v) is 6.36. The van der Waals surface area contributed by atoms with E-state index >= 15 is 0 Å². The van der Waals surface area contributed by atoms with E-state index in [0.717, 1.165) is 28.5 Å². The lowest BCUT2D eigenvalue weighted by Gasteiger charge is -2.24. The maximum Gasteiger partial charge on any atom is 0.414 e. The summed E-state index contributed by atoms with van der Waals surface area (Å²) < 4.78 is 42.7. The van der Waals surface area contributed by atoms with Crippen molar-refractivity contribution in [2.45, 2.75) is 25.2 Å². The SMILES string of the molecule is COC(=O)Nc1ccc(C(CNC[C@H](O)c2ccc(OCc3ccccc3)c(NS(C)(=O)=O)c2)c2ccc(N(Cc3ccccc3)C(=O)OC)cc2)cc1. The van der Waals surface area contributed by atoms with Gasteiger partial charge in [-0.1, -0.05) is 91.0 Å². The van der Waals surface area contributed by atoms with Gasteiger partial charge in [0.25, 0.3) is 0 Å². The molecule has 0 saturated heterocycles. The first-order valence-electron chi connectivity index (χ1n) is 17.1. The number of hydrogen-bond donors (Lipinski definition) is 4. The number of carbonyl (C=O) groups excluding carboxylic acids is 2. The number of anilines is 3. The Balaban J connectivity index is 1.34. The largest absolute Gasteiger partial charge is 0.487 e. The third kappa shape index (κ3) is 11.3. The first-order chi connectivity index (χ1) is 26.0. The Bertz CT molecular complexity index is 2080. The molecule has 0 bridgehead atoms. The lowest BCUT2D eigenvalue weighted by Crippen LogP contribution is -2.30. The lowest BCUT2D eigenvalue weighted by molar-refractivity contribution is 0.174. The van der Waals surface area contributed by atoms with Gasteiger partial charge >= 0.3 is 12.2 Å². The van der Waals surface area contributed by atoms with Crippen molar-refractivity contribution in [2.24, 2.45) is 0 Å². The molecule has 0 fully saturated rings. The van der Waals surface area contributed by atoms with Crippen LogP contribution in [0.4, 0.5) is 26.7 Å². The Hall–Kier alpha value is -5.89. The van der Waals surface area contributed by atoms with Gasteiger partial charge < -0.3 is 24.6 Å². The molecule has 0 aliphatic rings. The second kappa shape index (κ2) is 18.7. The predicted molar refractivity (Wildman–Crippen MR) is 209 cm³/mol. The highest BCUT2D eigenvalue weighted by Crippen LogP contribution is 2.31. The summed E-state index contributed by atoms with van der Waals surface area (Å²) in [5.74, 6) is 0.117. The Labute approximate surface area is 315 Å². The standard InChI is InChI=1S/C41H44N4O8S/c1-51-40(47)43-34-19-14-31(15-20-34)36(32-16-21-35(22-17-32)45(41(48)52-2)27-29-10-6-4-7-11-29)25-42-26-38(46)33-18-23-39(37(24-33)44-54(3,49)50)53-28-30-12-8-5-9-13-30/h4-24,36,38,42,44,46H,25-28H2,1-3H3,(H,43,47)/t36?,38-/m0/s1. The average molecular weight is 753 g/mol. The van der Waals surface area contributed by atoms with E-state index in [-0.39, 0.29) is 24.8 Å². The number of rotatable bonds is 16. The van der Waals surface area contributed by atoms with Gasteiger partial charge in [0.15, 0.2) is 0 Å². The molecule has 0 spiro atoms. The monoisotopic (exact) mass is 752 g/mol. The molecule has 2 amide bonds. The zero-order valence-corrected chi connectivity index (χ0v) is 31.1. The normalized spacial score (nSPS) is 12.2. The molecular weight excluding hydrogens is 709 g/mol. The Morgan fingerprint density at radius 1 is 0.741 bits per heavy atom. The van der Waals surface area contributed by atoms with Crippen LogP contribution in [0.15, 0.2) is 127 Å². The van der Waals surface area contributed by atoms with Crippen LogP contribution in [0, 0.1) is 0 Å². The van der Waals surface area contributed by atoms with Crippen LogP contribution in [0.25, 0.3) is 0 Å². The molecule has 282 valence electrons. The summed E-state index contributed by atoms with van der Waals surface area (Å²) in [6.45, 7) is 1.11. The number of amides is 2. The maximum absolute atomic E-state index is 12.8. The minimum Gasteiger partial charge on any atom is -0.487 e. The summed E-state index contributed by atoms with van der Waals surface area (Å²) in [4.78, 5) is 26.1. The minimum atomic E-state index is -3.64. The molecular formula is C41H44N4O8S. The summed E-state index contributed by atoms with van der Waals surface area (Å²) in [6, 6.07) is 39.0. The highest BCUT2D eigenvalue weighted by molar-refractivity contribution is 7.92. The first-order valence-corrected chi connectivity index (χ1v) is 19.0. The predicted octanol–water partition coefficient (Wildman–Crippen LogP) is 7.04. The lowest BCUT2D eigenvalue weighted by atomic mass is 9.90. The van der Waals surface area contributed by atoms with Gasteiger partial charge in [-0.15, -0.1) is 0 Å². The molecule has 0 radical (unpaired) electrons. The number of carbonyl (C=O) groups is 2. The third-order valence-corrected chi connectivity index (χ3v) is 9.13. The smallest absolute Gasteiger partial charge is 0.414 e. The van der Waals surface area contributed by atoms with Crippen LogP contribution >= 0.6 is 0 Å². The van der Waals surface area contributed by atoms with Crippen molar-refractivity contribution in [3.8, 4) is 5.75 Å². The van der Waals surface area contributed by atoms with Gasteiger partial charge in [-0.05, 0) is 64.2 Å². The van der Waals surface area contributed by atoms with Crippen molar-refractivity contribution in [3.63, 3.8) is 0 Å². The topological polar surface area (TPSA) is 156 Å². The maximum atomic E-state index is 12.8. The Morgan fingerprint density at radius 2 is 1.33 bits per heavy atom. The van der Waals surface area contributed by atoms with Crippen molar-refractivity contribution in [1.82, 2.24) is 5.32 Å². The molecule has 0 aromatic heterocycles. The molecule has 5 aromatic rings. The van der Waals surface area contributed by atoms with Crippen molar-refractivity contribution in [1.29, 1.82) is 0 Å². The van der Waals surface area contributed by atoms with Crippen LogP contribution in [0.1, 0.15) is 39.8 Å². The number of methoxy groups -OCH3 is 2. The fourth-order valence-electron chi connectivity index (χ4n) is 5.80. The number of aliphatic hydroxyl groups is 1.